The predicted octanol–water partition coefficient (Wildman–Crippen LogP) is 1.43. The number of amides is 1. The first-order valence-electron chi connectivity index (χ1n) is 5.78. The highest BCUT2D eigenvalue weighted by atomic mass is 16.5. The molecule has 18 heavy (non-hydrogen) atoms. The molecule has 1 fully saturated rings. The molecule has 1 amide bonds. The van der Waals surface area contributed by atoms with E-state index in [9.17, 15) is 9.59 Å². The number of rotatable bonds is 4. The molecule has 0 aromatic heterocycles. The molecule has 0 bridgehead atoms. The first-order chi connectivity index (χ1) is 8.59. The largest absolute Gasteiger partial charge is 0.496 e. The number of methoxy groups -OCH3 is 1. The third kappa shape index (κ3) is 2.03. The van der Waals surface area contributed by atoms with Crippen LogP contribution in [0.25, 0.3) is 0 Å². The number of hydrogen-bond donors (Lipinski definition) is 2. The number of benzene rings is 1. The van der Waals surface area contributed by atoms with E-state index in [-0.39, 0.29) is 0 Å². The van der Waals surface area contributed by atoms with Crippen molar-refractivity contribution in [1.82, 2.24) is 5.32 Å². The van der Waals surface area contributed by atoms with Gasteiger partial charge in [-0.2, -0.15) is 0 Å². The van der Waals surface area contributed by atoms with Gasteiger partial charge in [0.25, 0.3) is 5.91 Å². The second kappa shape index (κ2) is 4.68. The first-order valence-corrected chi connectivity index (χ1v) is 5.78. The molecule has 0 atom stereocenters. The van der Waals surface area contributed by atoms with Gasteiger partial charge in [-0.25, -0.2) is 4.79 Å². The molecule has 0 spiro atoms. The Hall–Kier alpha value is -2.04. The molecule has 0 heterocycles. The van der Waals surface area contributed by atoms with Crippen LogP contribution in [-0.4, -0.2) is 29.6 Å². The molecular formula is C13H15NO4. The Morgan fingerprint density at radius 2 is 2.00 bits per heavy atom. The van der Waals surface area contributed by atoms with Crippen LogP contribution in [0, 0.1) is 0 Å². The van der Waals surface area contributed by atoms with Crippen LogP contribution >= 0.6 is 0 Å². The van der Waals surface area contributed by atoms with Gasteiger partial charge in [-0.05, 0) is 31.4 Å². The Morgan fingerprint density at radius 1 is 1.33 bits per heavy atom. The quantitative estimate of drug-likeness (QED) is 0.846. The van der Waals surface area contributed by atoms with Crippen molar-refractivity contribution in [3.8, 4) is 5.75 Å². The molecule has 1 aromatic rings. The van der Waals surface area contributed by atoms with Crippen LogP contribution in [0.4, 0.5) is 0 Å². The van der Waals surface area contributed by atoms with Crippen molar-refractivity contribution < 1.29 is 19.4 Å². The number of para-hydroxylation sites is 1. The molecule has 1 aliphatic carbocycles. The summed E-state index contributed by atoms with van der Waals surface area (Å²) in [5.74, 6) is -0.943. The van der Waals surface area contributed by atoms with Crippen molar-refractivity contribution >= 4 is 11.9 Å². The summed E-state index contributed by atoms with van der Waals surface area (Å²) in [4.78, 5) is 23.3. The summed E-state index contributed by atoms with van der Waals surface area (Å²) < 4.78 is 5.08. The fraction of sp³-hybridized carbons (Fsp3) is 0.385. The highest BCUT2D eigenvalue weighted by Gasteiger charge is 2.45. The number of nitrogens with one attached hydrogen (secondary N) is 1. The standard InChI is InChI=1S/C13H15NO4/c1-18-10-6-3-2-5-9(10)11(15)14-13(12(16)17)7-4-8-13/h2-3,5-6H,4,7-8H2,1H3,(H,14,15)(H,16,17). The van der Waals surface area contributed by atoms with Crippen LogP contribution in [0.15, 0.2) is 24.3 Å². The first kappa shape index (κ1) is 12.4. The summed E-state index contributed by atoms with van der Waals surface area (Å²) in [6, 6.07) is 6.75. The highest BCUT2D eigenvalue weighted by molar-refractivity contribution is 6.00. The molecule has 1 saturated carbocycles. The van der Waals surface area contributed by atoms with Crippen LogP contribution in [0.2, 0.25) is 0 Å². The van der Waals surface area contributed by atoms with E-state index in [2.05, 4.69) is 5.32 Å². The number of carbonyl (C=O) groups is 2. The van der Waals surface area contributed by atoms with E-state index in [0.717, 1.165) is 6.42 Å². The Bertz CT molecular complexity index is 480. The topological polar surface area (TPSA) is 75.6 Å². The average Bonchev–Trinajstić information content (AvgIpc) is 2.33. The van der Waals surface area contributed by atoms with Gasteiger partial charge in [0.05, 0.1) is 12.7 Å². The summed E-state index contributed by atoms with van der Waals surface area (Å²) in [5, 5.41) is 11.8. The number of aliphatic carboxylic acids is 1. The lowest BCUT2D eigenvalue weighted by atomic mass is 9.76. The van der Waals surface area contributed by atoms with Crippen LogP contribution in [-0.2, 0) is 4.79 Å². The molecule has 5 nitrogen and oxygen atoms in total. The third-order valence-electron chi connectivity index (χ3n) is 3.32. The van der Waals surface area contributed by atoms with Crippen molar-refractivity contribution in [2.24, 2.45) is 0 Å². The predicted molar refractivity (Wildman–Crippen MR) is 64.7 cm³/mol. The number of carbonyl (C=O) groups excluding carboxylic acids is 1. The minimum absolute atomic E-state index is 0.354. The van der Waals surface area contributed by atoms with Crippen LogP contribution < -0.4 is 10.1 Å². The molecule has 0 unspecified atom stereocenters. The SMILES string of the molecule is COc1ccccc1C(=O)NC1(C(=O)O)CCC1. The van der Waals surface area contributed by atoms with Crippen molar-refractivity contribution in [3.63, 3.8) is 0 Å². The molecule has 0 aliphatic heterocycles. The van der Waals surface area contributed by atoms with Gasteiger partial charge in [0.15, 0.2) is 0 Å². The van der Waals surface area contributed by atoms with Crippen molar-refractivity contribution in [1.29, 1.82) is 0 Å². The maximum Gasteiger partial charge on any atom is 0.329 e. The zero-order chi connectivity index (χ0) is 13.2. The number of hydrogen-bond acceptors (Lipinski definition) is 3. The normalized spacial score (nSPS) is 16.5. The van der Waals surface area contributed by atoms with Crippen molar-refractivity contribution in [3.05, 3.63) is 29.8 Å². The number of ether oxygens (including phenoxy) is 1. The lowest BCUT2D eigenvalue weighted by Gasteiger charge is -2.38. The second-order valence-electron chi connectivity index (χ2n) is 4.40. The van der Waals surface area contributed by atoms with Gasteiger partial charge in [0, 0.05) is 0 Å². The maximum absolute atomic E-state index is 12.1. The fourth-order valence-electron chi connectivity index (χ4n) is 2.04. The highest BCUT2D eigenvalue weighted by Crippen LogP contribution is 2.32. The van der Waals surface area contributed by atoms with Crippen molar-refractivity contribution in [2.75, 3.05) is 7.11 Å². The minimum atomic E-state index is -1.10. The number of carboxylic acids is 1. The minimum Gasteiger partial charge on any atom is -0.496 e. The summed E-state index contributed by atoms with van der Waals surface area (Å²) in [5.41, 5.74) is -0.745. The number of carboxylic acid groups (broad SMARTS) is 1. The Balaban J connectivity index is 2.19. The summed E-state index contributed by atoms with van der Waals surface area (Å²) in [7, 11) is 1.47. The van der Waals surface area contributed by atoms with Gasteiger partial charge in [-0.15, -0.1) is 0 Å². The van der Waals surface area contributed by atoms with E-state index in [0.29, 0.717) is 24.2 Å². The maximum atomic E-state index is 12.1. The smallest absolute Gasteiger partial charge is 0.329 e. The van der Waals surface area contributed by atoms with E-state index in [4.69, 9.17) is 9.84 Å². The lowest BCUT2D eigenvalue weighted by molar-refractivity contribution is -0.148. The zero-order valence-corrected chi connectivity index (χ0v) is 10.1. The van der Waals surface area contributed by atoms with Crippen LogP contribution in [0.1, 0.15) is 29.6 Å². The molecule has 5 heteroatoms. The molecular weight excluding hydrogens is 234 g/mol. The van der Waals surface area contributed by atoms with Gasteiger partial charge in [0.1, 0.15) is 11.3 Å². The Labute approximate surface area is 105 Å². The van der Waals surface area contributed by atoms with Crippen LogP contribution in [0.5, 0.6) is 5.75 Å². The van der Waals surface area contributed by atoms with Crippen LogP contribution in [0.3, 0.4) is 0 Å². The van der Waals surface area contributed by atoms with Gasteiger partial charge in [-0.3, -0.25) is 4.79 Å². The Kier molecular flexibility index (Phi) is 3.23. The monoisotopic (exact) mass is 249 g/mol. The van der Waals surface area contributed by atoms with E-state index < -0.39 is 17.4 Å². The molecule has 2 rings (SSSR count). The van der Waals surface area contributed by atoms with Gasteiger partial charge >= 0.3 is 5.97 Å². The van der Waals surface area contributed by atoms with Gasteiger partial charge in [-0.1, -0.05) is 12.1 Å². The van der Waals surface area contributed by atoms with Gasteiger partial charge in [0.2, 0.25) is 0 Å². The summed E-state index contributed by atoms with van der Waals surface area (Å²) in [6.07, 6.45) is 1.77. The van der Waals surface area contributed by atoms with Gasteiger partial charge < -0.3 is 15.2 Å². The zero-order valence-electron chi connectivity index (χ0n) is 10.1. The average molecular weight is 249 g/mol. The molecule has 96 valence electrons. The third-order valence-corrected chi connectivity index (χ3v) is 3.32. The fourth-order valence-corrected chi connectivity index (χ4v) is 2.04. The molecule has 0 radical (unpaired) electrons. The molecule has 1 aliphatic rings. The van der Waals surface area contributed by atoms with E-state index in [1.165, 1.54) is 7.11 Å². The van der Waals surface area contributed by atoms with E-state index in [1.807, 2.05) is 0 Å². The molecule has 1 aromatic carbocycles. The second-order valence-corrected chi connectivity index (χ2v) is 4.40. The molecule has 0 saturated heterocycles. The summed E-state index contributed by atoms with van der Waals surface area (Å²) in [6.45, 7) is 0. The summed E-state index contributed by atoms with van der Waals surface area (Å²) >= 11 is 0. The van der Waals surface area contributed by atoms with Crippen molar-refractivity contribution in [2.45, 2.75) is 24.8 Å². The van der Waals surface area contributed by atoms with E-state index >= 15 is 0 Å². The Morgan fingerprint density at radius 3 is 2.50 bits per heavy atom. The lowest BCUT2D eigenvalue weighted by Crippen LogP contribution is -2.59. The molecule has 2 N–H and O–H groups in total. The van der Waals surface area contributed by atoms with E-state index in [1.54, 1.807) is 24.3 Å².